The number of anilines is 3. The van der Waals surface area contributed by atoms with E-state index in [1.165, 1.54) is 12.1 Å². The van der Waals surface area contributed by atoms with Crippen molar-refractivity contribution in [3.05, 3.63) is 86.2 Å². The molecule has 1 N–H and O–H groups in total. The van der Waals surface area contributed by atoms with E-state index >= 15 is 0 Å². The Labute approximate surface area is 199 Å². The summed E-state index contributed by atoms with van der Waals surface area (Å²) in [5, 5.41) is 3.16. The lowest BCUT2D eigenvalue weighted by molar-refractivity contribution is 0.0747. The van der Waals surface area contributed by atoms with Crippen molar-refractivity contribution in [2.75, 3.05) is 54.4 Å². The van der Waals surface area contributed by atoms with Crippen molar-refractivity contribution in [2.45, 2.75) is 25.8 Å². The van der Waals surface area contributed by atoms with E-state index in [4.69, 9.17) is 0 Å². The van der Waals surface area contributed by atoms with Crippen molar-refractivity contribution in [1.82, 2.24) is 4.90 Å². The molecule has 0 unspecified atom stereocenters. The Bertz CT molecular complexity index is 1200. The van der Waals surface area contributed by atoms with Gasteiger partial charge in [-0.25, -0.2) is 0 Å². The van der Waals surface area contributed by atoms with Gasteiger partial charge in [0.25, 0.3) is 16.8 Å². The number of piperazine rings is 1. The number of amides is 1. The highest BCUT2D eigenvalue weighted by atomic mass is 16.2. The average Bonchev–Trinajstić information content (AvgIpc) is 2.91. The first-order valence-electron chi connectivity index (χ1n) is 12.1. The highest BCUT2D eigenvalue weighted by molar-refractivity contribution is 5.94. The van der Waals surface area contributed by atoms with Gasteiger partial charge in [0.05, 0.1) is 0 Å². The number of rotatable bonds is 6. The third kappa shape index (κ3) is 4.42. The zero-order chi connectivity index (χ0) is 23.5. The molecule has 0 saturated carbocycles. The summed E-state index contributed by atoms with van der Waals surface area (Å²) in [6, 6.07) is 17.8. The molecule has 2 aliphatic rings. The molecule has 1 amide bonds. The number of benzene rings is 2. The summed E-state index contributed by atoms with van der Waals surface area (Å²) in [4.78, 5) is 43.5. The summed E-state index contributed by atoms with van der Waals surface area (Å²) in [6.07, 6.45) is 3.27. The fraction of sp³-hybridized carbons (Fsp3) is 0.370. The minimum atomic E-state index is -0.429. The standard InChI is InChI=1S/C27H30N4O3/c32-25-23(24(26(25)33)30-13-5-2-6-14-30)28-19-20-9-11-21(12-10-20)27(34)31-17-15-29(16-18-31)22-7-3-1-4-8-22/h1,3-4,7-12,28H,2,5-6,13-19H2. The van der Waals surface area contributed by atoms with Crippen molar-refractivity contribution in [2.24, 2.45) is 0 Å². The number of piperidine rings is 1. The molecular weight excluding hydrogens is 428 g/mol. The molecule has 0 bridgehead atoms. The minimum Gasteiger partial charge on any atom is -0.376 e. The van der Waals surface area contributed by atoms with Crippen LogP contribution < -0.4 is 26.0 Å². The predicted molar refractivity (Wildman–Crippen MR) is 136 cm³/mol. The Hall–Kier alpha value is -3.61. The number of carbonyl (C=O) groups excluding carboxylic acids is 1. The van der Waals surface area contributed by atoms with Crippen molar-refractivity contribution in [3.63, 3.8) is 0 Å². The average molecular weight is 459 g/mol. The van der Waals surface area contributed by atoms with E-state index in [0.29, 0.717) is 36.6 Å². The zero-order valence-electron chi connectivity index (χ0n) is 19.3. The molecule has 34 heavy (non-hydrogen) atoms. The van der Waals surface area contributed by atoms with Gasteiger partial charge in [0.1, 0.15) is 11.4 Å². The Morgan fingerprint density at radius 3 is 2.09 bits per heavy atom. The molecule has 0 radical (unpaired) electrons. The molecule has 0 aromatic heterocycles. The normalized spacial score (nSPS) is 16.6. The maximum atomic E-state index is 13.0. The second-order valence-electron chi connectivity index (χ2n) is 9.09. The molecule has 7 nitrogen and oxygen atoms in total. The molecule has 7 heteroatoms. The first-order valence-corrected chi connectivity index (χ1v) is 12.1. The molecule has 3 aromatic carbocycles. The Balaban J connectivity index is 1.17. The monoisotopic (exact) mass is 458 g/mol. The van der Waals surface area contributed by atoms with Gasteiger partial charge in [-0.2, -0.15) is 0 Å². The smallest absolute Gasteiger partial charge is 0.253 e. The van der Waals surface area contributed by atoms with E-state index in [0.717, 1.165) is 44.6 Å². The molecule has 2 heterocycles. The number of para-hydroxylation sites is 1. The topological polar surface area (TPSA) is 73.0 Å². The summed E-state index contributed by atoms with van der Waals surface area (Å²) < 4.78 is 0. The summed E-state index contributed by atoms with van der Waals surface area (Å²) >= 11 is 0. The predicted octanol–water partition coefficient (Wildman–Crippen LogP) is 2.85. The third-order valence-corrected chi connectivity index (χ3v) is 6.92. The summed E-state index contributed by atoms with van der Waals surface area (Å²) in [5.74, 6) is 0.0436. The van der Waals surface area contributed by atoms with Gasteiger partial charge in [0.15, 0.2) is 0 Å². The van der Waals surface area contributed by atoms with Gasteiger partial charge in [-0.1, -0.05) is 30.3 Å². The molecule has 2 aliphatic heterocycles. The highest BCUT2D eigenvalue weighted by Gasteiger charge is 2.27. The molecule has 2 fully saturated rings. The summed E-state index contributed by atoms with van der Waals surface area (Å²) in [5.41, 5.74) is 2.99. The maximum Gasteiger partial charge on any atom is 0.253 e. The van der Waals surface area contributed by atoms with E-state index in [-0.39, 0.29) is 11.3 Å². The minimum absolute atomic E-state index is 0.0436. The van der Waals surface area contributed by atoms with Crippen molar-refractivity contribution < 1.29 is 4.79 Å². The van der Waals surface area contributed by atoms with Gasteiger partial charge in [-0.3, -0.25) is 14.4 Å². The third-order valence-electron chi connectivity index (χ3n) is 6.92. The molecule has 0 atom stereocenters. The van der Waals surface area contributed by atoms with E-state index in [2.05, 4.69) is 22.3 Å². The van der Waals surface area contributed by atoms with Gasteiger partial charge in [-0.15, -0.1) is 0 Å². The van der Waals surface area contributed by atoms with Crippen LogP contribution in [0.15, 0.2) is 64.2 Å². The van der Waals surface area contributed by atoms with Crippen LogP contribution in [-0.4, -0.2) is 50.1 Å². The number of carbonyl (C=O) groups is 1. The van der Waals surface area contributed by atoms with E-state index < -0.39 is 5.43 Å². The van der Waals surface area contributed by atoms with Crippen molar-refractivity contribution >= 4 is 23.0 Å². The second kappa shape index (κ2) is 9.71. The first kappa shape index (κ1) is 22.2. The number of hydrogen-bond acceptors (Lipinski definition) is 6. The van der Waals surface area contributed by atoms with Crippen molar-refractivity contribution in [3.8, 4) is 0 Å². The molecule has 0 spiro atoms. The Kier molecular flexibility index (Phi) is 6.34. The van der Waals surface area contributed by atoms with Crippen LogP contribution in [0.3, 0.4) is 0 Å². The van der Waals surface area contributed by atoms with Gasteiger partial charge in [0.2, 0.25) is 0 Å². The van der Waals surface area contributed by atoms with Gasteiger partial charge >= 0.3 is 0 Å². The quantitative estimate of drug-likeness (QED) is 0.573. The van der Waals surface area contributed by atoms with Crippen LogP contribution in [0.2, 0.25) is 0 Å². The lowest BCUT2D eigenvalue weighted by Crippen LogP contribution is -2.48. The van der Waals surface area contributed by atoms with Crippen LogP contribution in [0.4, 0.5) is 17.1 Å². The number of hydrogen-bond donors (Lipinski definition) is 1. The van der Waals surface area contributed by atoms with Crippen LogP contribution in [0.1, 0.15) is 35.2 Å². The van der Waals surface area contributed by atoms with E-state index in [1.54, 1.807) is 0 Å². The maximum absolute atomic E-state index is 13.0. The molecule has 5 rings (SSSR count). The van der Waals surface area contributed by atoms with Gasteiger partial charge < -0.3 is 20.0 Å². The fourth-order valence-corrected chi connectivity index (χ4v) is 4.91. The lowest BCUT2D eigenvalue weighted by Gasteiger charge is -2.36. The SMILES string of the molecule is O=C(c1ccc(CNc2c(N3CCCCC3)c(=O)c2=O)cc1)N1CCN(c2ccccc2)CC1. The van der Waals surface area contributed by atoms with Crippen LogP contribution in [0.25, 0.3) is 0 Å². The van der Waals surface area contributed by atoms with Crippen LogP contribution in [0.5, 0.6) is 0 Å². The van der Waals surface area contributed by atoms with E-state index in [1.807, 2.05) is 52.3 Å². The second-order valence-corrected chi connectivity index (χ2v) is 9.09. The van der Waals surface area contributed by atoms with Crippen molar-refractivity contribution in [1.29, 1.82) is 0 Å². The molecule has 3 aromatic rings. The Morgan fingerprint density at radius 1 is 0.735 bits per heavy atom. The van der Waals surface area contributed by atoms with E-state index in [9.17, 15) is 14.4 Å². The highest BCUT2D eigenvalue weighted by Crippen LogP contribution is 2.24. The summed E-state index contributed by atoms with van der Waals surface area (Å²) in [6.45, 7) is 5.13. The molecule has 2 saturated heterocycles. The van der Waals surface area contributed by atoms with Gasteiger partial charge in [0, 0.05) is 57.1 Å². The largest absolute Gasteiger partial charge is 0.376 e. The lowest BCUT2D eigenvalue weighted by atomic mass is 10.1. The molecular formula is C27H30N4O3. The zero-order valence-corrected chi connectivity index (χ0v) is 19.3. The van der Waals surface area contributed by atoms with Crippen LogP contribution >= 0.6 is 0 Å². The van der Waals surface area contributed by atoms with Crippen LogP contribution in [0, 0.1) is 0 Å². The first-order chi connectivity index (χ1) is 16.6. The molecule has 176 valence electrons. The summed E-state index contributed by atoms with van der Waals surface area (Å²) in [7, 11) is 0. The number of nitrogens with one attached hydrogen (secondary N) is 1. The van der Waals surface area contributed by atoms with Crippen LogP contribution in [-0.2, 0) is 6.54 Å². The fourth-order valence-electron chi connectivity index (χ4n) is 4.91. The Morgan fingerprint density at radius 2 is 1.41 bits per heavy atom. The molecule has 0 aliphatic carbocycles. The number of nitrogens with zero attached hydrogens (tertiary/aromatic N) is 3. The van der Waals surface area contributed by atoms with Gasteiger partial charge in [-0.05, 0) is 49.1 Å².